The van der Waals surface area contributed by atoms with Gasteiger partial charge in [0.2, 0.25) is 5.95 Å². The maximum Gasteiger partial charge on any atom is 0.264 e. The lowest BCUT2D eigenvalue weighted by Crippen LogP contribution is -2.49. The van der Waals surface area contributed by atoms with Gasteiger partial charge in [0.1, 0.15) is 6.33 Å². The molecule has 1 fully saturated rings. The second-order valence-electron chi connectivity index (χ2n) is 5.38. The first kappa shape index (κ1) is 14.6. The van der Waals surface area contributed by atoms with Crippen LogP contribution in [0.5, 0.6) is 0 Å². The fraction of sp³-hybridized carbons (Fsp3) is 0.267. The zero-order chi connectivity index (χ0) is 15.8. The number of nitrogens with zero attached hydrogens (tertiary/aromatic N) is 4. The molecule has 0 aliphatic carbocycles. The molecule has 0 atom stereocenters. The number of carbonyl (C=O) groups is 1. The summed E-state index contributed by atoms with van der Waals surface area (Å²) in [5, 5.41) is 7.85. The van der Waals surface area contributed by atoms with Crippen molar-refractivity contribution in [2.24, 2.45) is 0 Å². The maximum atomic E-state index is 12.7. The molecular weight excluding hydrogens is 378 g/mol. The van der Waals surface area contributed by atoms with Crippen molar-refractivity contribution in [1.82, 2.24) is 20.1 Å². The first-order chi connectivity index (χ1) is 11.2. The Balaban J connectivity index is 1.48. The molecule has 23 heavy (non-hydrogen) atoms. The summed E-state index contributed by atoms with van der Waals surface area (Å²) in [5.41, 5.74) is 0. The number of carbonyl (C=O) groups excluding carboxylic acids is 1. The van der Waals surface area contributed by atoms with Crippen molar-refractivity contribution in [3.63, 3.8) is 0 Å². The molecule has 1 aromatic carbocycles. The van der Waals surface area contributed by atoms with E-state index in [1.165, 1.54) is 6.33 Å². The Morgan fingerprint density at radius 1 is 1.22 bits per heavy atom. The Morgan fingerprint density at radius 2 is 2.04 bits per heavy atom. The number of hydrogen-bond acceptors (Lipinski definition) is 5. The van der Waals surface area contributed by atoms with Gasteiger partial charge in [-0.15, -0.1) is 11.3 Å². The molecule has 3 aromatic rings. The van der Waals surface area contributed by atoms with Crippen LogP contribution < -0.4 is 4.90 Å². The number of benzene rings is 1. The van der Waals surface area contributed by atoms with Crippen LogP contribution in [0.4, 0.5) is 5.95 Å². The zero-order valence-corrected chi connectivity index (χ0v) is 14.6. The zero-order valence-electron chi connectivity index (χ0n) is 12.2. The normalized spacial score (nSPS) is 15.3. The van der Waals surface area contributed by atoms with Gasteiger partial charge in [-0.3, -0.25) is 4.79 Å². The topological polar surface area (TPSA) is 65.1 Å². The highest BCUT2D eigenvalue weighted by molar-refractivity contribution is 9.10. The van der Waals surface area contributed by atoms with Crippen LogP contribution in [0.15, 0.2) is 35.1 Å². The number of H-pyrrole nitrogens is 1. The van der Waals surface area contributed by atoms with Crippen LogP contribution in [0, 0.1) is 0 Å². The van der Waals surface area contributed by atoms with E-state index in [0.29, 0.717) is 13.1 Å². The SMILES string of the molecule is O=C(c1cc2ccc(Br)cc2s1)N1CCN(c2ncn[nH]2)CC1. The van der Waals surface area contributed by atoms with Crippen molar-refractivity contribution >= 4 is 49.2 Å². The third-order valence-electron chi connectivity index (χ3n) is 3.96. The Morgan fingerprint density at radius 3 is 2.78 bits per heavy atom. The highest BCUT2D eigenvalue weighted by atomic mass is 79.9. The van der Waals surface area contributed by atoms with Crippen LogP contribution in [-0.2, 0) is 0 Å². The third kappa shape index (κ3) is 2.84. The number of nitrogens with one attached hydrogen (secondary N) is 1. The summed E-state index contributed by atoms with van der Waals surface area (Å²) < 4.78 is 2.16. The molecule has 0 radical (unpaired) electrons. The predicted molar refractivity (Wildman–Crippen MR) is 94.0 cm³/mol. The highest BCUT2D eigenvalue weighted by Gasteiger charge is 2.24. The number of anilines is 1. The molecule has 1 saturated heterocycles. The van der Waals surface area contributed by atoms with E-state index < -0.39 is 0 Å². The van der Waals surface area contributed by atoms with Gasteiger partial charge in [-0.25, -0.2) is 5.10 Å². The molecule has 8 heteroatoms. The quantitative estimate of drug-likeness (QED) is 0.729. The van der Waals surface area contributed by atoms with E-state index in [1.54, 1.807) is 11.3 Å². The standard InChI is InChI=1S/C15H14BrN5OS/c16-11-2-1-10-7-13(23-12(10)8-11)14(22)20-3-5-21(6-4-20)15-17-9-18-19-15/h1-2,7-9H,3-6H2,(H,17,18,19). The van der Waals surface area contributed by atoms with E-state index in [-0.39, 0.29) is 5.91 Å². The number of piperazine rings is 1. The van der Waals surface area contributed by atoms with E-state index in [0.717, 1.165) is 38.5 Å². The minimum Gasteiger partial charge on any atom is -0.338 e. The average molecular weight is 392 g/mol. The Labute approximate surface area is 145 Å². The third-order valence-corrected chi connectivity index (χ3v) is 5.54. The van der Waals surface area contributed by atoms with Crippen LogP contribution in [0.25, 0.3) is 10.1 Å². The number of hydrogen-bond donors (Lipinski definition) is 1. The van der Waals surface area contributed by atoms with Crippen molar-refractivity contribution < 1.29 is 4.79 Å². The van der Waals surface area contributed by atoms with Crippen LogP contribution in [0.1, 0.15) is 9.67 Å². The summed E-state index contributed by atoms with van der Waals surface area (Å²) in [6, 6.07) is 8.07. The summed E-state index contributed by atoms with van der Waals surface area (Å²) in [5.74, 6) is 0.878. The van der Waals surface area contributed by atoms with Gasteiger partial charge in [0.05, 0.1) is 4.88 Å². The number of amides is 1. The highest BCUT2D eigenvalue weighted by Crippen LogP contribution is 2.29. The van der Waals surface area contributed by atoms with Crippen molar-refractivity contribution in [2.45, 2.75) is 0 Å². The predicted octanol–water partition coefficient (Wildman–Crippen LogP) is 2.74. The maximum absolute atomic E-state index is 12.7. The van der Waals surface area contributed by atoms with Crippen LogP contribution >= 0.6 is 27.3 Å². The van der Waals surface area contributed by atoms with E-state index in [4.69, 9.17) is 0 Å². The summed E-state index contributed by atoms with van der Waals surface area (Å²) in [7, 11) is 0. The number of fused-ring (bicyclic) bond motifs is 1. The monoisotopic (exact) mass is 391 g/mol. The van der Waals surface area contributed by atoms with E-state index in [1.807, 2.05) is 23.1 Å². The van der Waals surface area contributed by atoms with E-state index in [2.05, 4.69) is 42.1 Å². The smallest absolute Gasteiger partial charge is 0.264 e. The Kier molecular flexibility index (Phi) is 3.78. The van der Waals surface area contributed by atoms with Gasteiger partial charge < -0.3 is 9.80 Å². The summed E-state index contributed by atoms with van der Waals surface area (Å²) in [6.07, 6.45) is 1.50. The van der Waals surface area contributed by atoms with E-state index in [9.17, 15) is 4.79 Å². The molecule has 3 heterocycles. The molecule has 0 spiro atoms. The Bertz CT molecular complexity index is 839. The fourth-order valence-electron chi connectivity index (χ4n) is 2.74. The lowest BCUT2D eigenvalue weighted by atomic mass is 10.2. The van der Waals surface area contributed by atoms with Crippen molar-refractivity contribution in [3.05, 3.63) is 39.9 Å². The number of aromatic amines is 1. The van der Waals surface area contributed by atoms with Gasteiger partial charge in [-0.2, -0.15) is 10.1 Å². The van der Waals surface area contributed by atoms with Gasteiger partial charge in [-0.1, -0.05) is 22.0 Å². The fourth-order valence-corrected chi connectivity index (χ4v) is 4.32. The first-order valence-corrected chi connectivity index (χ1v) is 8.90. The molecule has 1 N–H and O–H groups in total. The van der Waals surface area contributed by atoms with Gasteiger partial charge in [0, 0.05) is 35.4 Å². The van der Waals surface area contributed by atoms with Crippen molar-refractivity contribution in [3.8, 4) is 0 Å². The number of rotatable bonds is 2. The average Bonchev–Trinajstić information content (AvgIpc) is 3.23. The second-order valence-corrected chi connectivity index (χ2v) is 7.38. The van der Waals surface area contributed by atoms with Crippen molar-refractivity contribution in [2.75, 3.05) is 31.1 Å². The molecule has 1 aliphatic rings. The summed E-state index contributed by atoms with van der Waals surface area (Å²) >= 11 is 5.02. The first-order valence-electron chi connectivity index (χ1n) is 7.29. The molecule has 1 amide bonds. The van der Waals surface area contributed by atoms with Crippen molar-refractivity contribution in [1.29, 1.82) is 0 Å². The van der Waals surface area contributed by atoms with E-state index >= 15 is 0 Å². The Hall–Kier alpha value is -1.93. The lowest BCUT2D eigenvalue weighted by Gasteiger charge is -2.34. The minimum absolute atomic E-state index is 0.111. The number of aromatic nitrogens is 3. The molecule has 6 nitrogen and oxygen atoms in total. The van der Waals surface area contributed by atoms with Gasteiger partial charge in [0.25, 0.3) is 5.91 Å². The molecule has 0 unspecified atom stereocenters. The van der Waals surface area contributed by atoms with Crippen LogP contribution in [-0.4, -0.2) is 52.2 Å². The molecule has 0 bridgehead atoms. The van der Waals surface area contributed by atoms with Gasteiger partial charge in [0.15, 0.2) is 0 Å². The number of thiophene rings is 1. The van der Waals surface area contributed by atoms with Gasteiger partial charge >= 0.3 is 0 Å². The largest absolute Gasteiger partial charge is 0.338 e. The molecular formula is C15H14BrN5OS. The molecule has 2 aromatic heterocycles. The molecule has 4 rings (SSSR count). The summed E-state index contributed by atoms with van der Waals surface area (Å²) in [4.78, 5) is 21.7. The molecule has 1 aliphatic heterocycles. The van der Waals surface area contributed by atoms with Gasteiger partial charge in [-0.05, 0) is 23.6 Å². The lowest BCUT2D eigenvalue weighted by molar-refractivity contribution is 0.0751. The number of halogens is 1. The van der Waals surface area contributed by atoms with Crippen LogP contribution in [0.3, 0.4) is 0 Å². The minimum atomic E-state index is 0.111. The summed E-state index contributed by atoms with van der Waals surface area (Å²) in [6.45, 7) is 2.91. The molecule has 0 saturated carbocycles. The molecule has 118 valence electrons. The second kappa shape index (κ2) is 5.93. The van der Waals surface area contributed by atoms with Crippen LogP contribution in [0.2, 0.25) is 0 Å².